The van der Waals surface area contributed by atoms with Gasteiger partial charge >= 0.3 is 47.8 Å². The monoisotopic (exact) mass is 700 g/mol. The van der Waals surface area contributed by atoms with E-state index in [2.05, 4.69) is 0 Å². The molecule has 0 spiro atoms. The van der Waals surface area contributed by atoms with E-state index in [1.807, 2.05) is 0 Å². The summed E-state index contributed by atoms with van der Waals surface area (Å²) >= 11 is 0. The lowest BCUT2D eigenvalue weighted by Crippen LogP contribution is -2.38. The second-order valence-electron chi connectivity index (χ2n) is 11.1. The van der Waals surface area contributed by atoms with E-state index in [1.165, 1.54) is 0 Å². The molecular weight excluding hydrogens is 676 g/mol. The maximum absolute atomic E-state index is 12.9. The highest BCUT2D eigenvalue weighted by Gasteiger charge is 2.48. The predicted molar refractivity (Wildman–Crippen MR) is 170 cm³/mol. The number of aromatic carboxylic acids is 8. The molecule has 4 aromatic carbocycles. The van der Waals surface area contributed by atoms with Gasteiger partial charge in [0.2, 0.25) is 0 Å². The van der Waals surface area contributed by atoms with Crippen LogP contribution in [0.2, 0.25) is 0 Å². The zero-order valence-electron chi connectivity index (χ0n) is 25.8. The summed E-state index contributed by atoms with van der Waals surface area (Å²) in [5, 5.41) is 81.4. The third kappa shape index (κ3) is 6.43. The first kappa shape index (κ1) is 36.5. The van der Waals surface area contributed by atoms with Gasteiger partial charge in [0, 0.05) is 11.3 Å². The summed E-state index contributed by atoms with van der Waals surface area (Å²) in [5.41, 5.74) is -11.6. The van der Waals surface area contributed by atoms with Crippen molar-refractivity contribution in [3.63, 3.8) is 0 Å². The normalized spacial score (nSPS) is 11.1. The largest absolute Gasteiger partial charge is 0.478 e. The molecule has 4 aromatic rings. The standard InChI is InChI=1S/C35H24O16/c1-35(22-12-14(27(36)37)8-10-16(22)29(40)41,23-13-15(28(38)39)9-11-17(23)30(42)43)26(18-4-2-6-20(31(44)45)24(18)33(48)49)19-5-3-7-21(32(46)47)25(19)34(50)51/h2-13,26H,1H3,(H,36,37)(H,38,39)(H,40,41)(H,42,43)(H,44,45)(H,46,47)(H,48,49)(H,50,51). The molecule has 0 heterocycles. The Bertz CT molecular complexity index is 2060. The Hall–Kier alpha value is -7.36. The third-order valence-electron chi connectivity index (χ3n) is 8.39. The van der Waals surface area contributed by atoms with Crippen molar-refractivity contribution in [2.24, 2.45) is 0 Å². The van der Waals surface area contributed by atoms with Crippen molar-refractivity contribution in [1.82, 2.24) is 0 Å². The van der Waals surface area contributed by atoms with Crippen molar-refractivity contribution < 1.29 is 79.2 Å². The Morgan fingerprint density at radius 1 is 0.431 bits per heavy atom. The molecule has 0 fully saturated rings. The van der Waals surface area contributed by atoms with Crippen molar-refractivity contribution in [2.45, 2.75) is 18.3 Å². The number of carboxylic acid groups (broad SMARTS) is 8. The van der Waals surface area contributed by atoms with E-state index in [0.29, 0.717) is 0 Å². The van der Waals surface area contributed by atoms with Crippen molar-refractivity contribution in [1.29, 1.82) is 0 Å². The number of hydrogen-bond acceptors (Lipinski definition) is 8. The maximum Gasteiger partial charge on any atom is 0.336 e. The van der Waals surface area contributed by atoms with Crippen molar-refractivity contribution in [2.75, 3.05) is 0 Å². The SMILES string of the molecule is CC(c1cc(C(=O)O)ccc1C(=O)O)(c1cc(C(=O)O)ccc1C(=O)O)C(c1cccc(C(=O)O)c1C(=O)O)c1cccc(C(=O)O)c1C(=O)O. The number of hydrogen-bond donors (Lipinski definition) is 8. The van der Waals surface area contributed by atoms with E-state index in [1.54, 1.807) is 0 Å². The van der Waals surface area contributed by atoms with Gasteiger partial charge in [-0.05, 0) is 70.8 Å². The summed E-state index contributed by atoms with van der Waals surface area (Å²) in [4.78, 5) is 101. The first-order valence-electron chi connectivity index (χ1n) is 14.3. The van der Waals surface area contributed by atoms with Crippen molar-refractivity contribution in [3.05, 3.63) is 140 Å². The summed E-state index contributed by atoms with van der Waals surface area (Å²) in [6.07, 6.45) is 0. The second kappa shape index (κ2) is 13.6. The first-order chi connectivity index (χ1) is 23.8. The topological polar surface area (TPSA) is 298 Å². The molecular formula is C35H24O16. The van der Waals surface area contributed by atoms with E-state index in [-0.39, 0.29) is 0 Å². The molecule has 16 heteroatoms. The van der Waals surface area contributed by atoms with E-state index in [4.69, 9.17) is 0 Å². The van der Waals surface area contributed by atoms with Gasteiger partial charge < -0.3 is 40.9 Å². The fourth-order valence-electron chi connectivity index (χ4n) is 6.29. The summed E-state index contributed by atoms with van der Waals surface area (Å²) < 4.78 is 0. The predicted octanol–water partition coefficient (Wildman–Crippen LogP) is 4.41. The van der Waals surface area contributed by atoms with E-state index >= 15 is 0 Å². The van der Waals surface area contributed by atoms with Crippen molar-refractivity contribution in [3.8, 4) is 0 Å². The highest BCUT2D eigenvalue weighted by molar-refractivity contribution is 6.05. The summed E-state index contributed by atoms with van der Waals surface area (Å²) in [6, 6.07) is 10.8. The highest BCUT2D eigenvalue weighted by atomic mass is 16.4. The Morgan fingerprint density at radius 2 is 0.765 bits per heavy atom. The third-order valence-corrected chi connectivity index (χ3v) is 8.39. The maximum atomic E-state index is 12.9. The molecule has 16 nitrogen and oxygen atoms in total. The van der Waals surface area contributed by atoms with Gasteiger partial charge in [-0.1, -0.05) is 31.2 Å². The van der Waals surface area contributed by atoms with Gasteiger partial charge in [-0.2, -0.15) is 0 Å². The number of rotatable bonds is 13. The van der Waals surface area contributed by atoms with E-state index < -0.39 is 126 Å². The summed E-state index contributed by atoms with van der Waals surface area (Å²) in [7, 11) is 0. The van der Waals surface area contributed by atoms with Gasteiger partial charge in [-0.25, -0.2) is 38.4 Å². The minimum atomic E-state index is -2.58. The second-order valence-corrected chi connectivity index (χ2v) is 11.1. The van der Waals surface area contributed by atoms with Crippen LogP contribution in [-0.4, -0.2) is 88.6 Å². The summed E-state index contributed by atoms with van der Waals surface area (Å²) in [6.45, 7) is 1.05. The molecule has 0 aliphatic carbocycles. The zero-order chi connectivity index (χ0) is 38.1. The zero-order valence-corrected chi connectivity index (χ0v) is 25.8. The van der Waals surface area contributed by atoms with Crippen LogP contribution < -0.4 is 0 Å². The van der Waals surface area contributed by atoms with Crippen LogP contribution >= 0.6 is 0 Å². The fraction of sp³-hybridized carbons (Fsp3) is 0.0857. The Balaban J connectivity index is 2.51. The first-order valence-corrected chi connectivity index (χ1v) is 14.3. The molecule has 0 aliphatic rings. The molecule has 4 rings (SSSR count). The average molecular weight is 701 g/mol. The highest BCUT2D eigenvalue weighted by Crippen LogP contribution is 2.52. The quantitative estimate of drug-likeness (QED) is 0.0957. The Labute approximate surface area is 284 Å². The van der Waals surface area contributed by atoms with E-state index in [0.717, 1.165) is 79.7 Å². The van der Waals surface area contributed by atoms with Gasteiger partial charge in [0.15, 0.2) is 0 Å². The molecule has 0 atom stereocenters. The van der Waals surface area contributed by atoms with Crippen LogP contribution in [0.5, 0.6) is 0 Å². The van der Waals surface area contributed by atoms with Crippen LogP contribution in [0, 0.1) is 0 Å². The number of carboxylic acids is 8. The van der Waals surface area contributed by atoms with Crippen LogP contribution in [0.25, 0.3) is 0 Å². The summed E-state index contributed by atoms with van der Waals surface area (Å²) in [5.74, 6) is -16.3. The molecule has 0 aliphatic heterocycles. The van der Waals surface area contributed by atoms with Gasteiger partial charge in [0.25, 0.3) is 0 Å². The number of carbonyl (C=O) groups is 8. The molecule has 0 amide bonds. The molecule has 0 aromatic heterocycles. The smallest absolute Gasteiger partial charge is 0.336 e. The van der Waals surface area contributed by atoms with Crippen LogP contribution in [0.3, 0.4) is 0 Å². The Morgan fingerprint density at radius 3 is 1.04 bits per heavy atom. The lowest BCUT2D eigenvalue weighted by molar-refractivity contribution is 0.0647. The lowest BCUT2D eigenvalue weighted by atomic mass is 9.59. The van der Waals surface area contributed by atoms with E-state index in [9.17, 15) is 79.2 Å². The van der Waals surface area contributed by atoms with Gasteiger partial charge in [-0.15, -0.1) is 0 Å². The molecule has 0 unspecified atom stereocenters. The van der Waals surface area contributed by atoms with Crippen LogP contribution in [0.15, 0.2) is 72.8 Å². The minimum absolute atomic E-state index is 0.610. The van der Waals surface area contributed by atoms with Crippen molar-refractivity contribution >= 4 is 47.8 Å². The van der Waals surface area contributed by atoms with Crippen LogP contribution in [0.4, 0.5) is 0 Å². The van der Waals surface area contributed by atoms with Gasteiger partial charge in [-0.3, -0.25) is 0 Å². The Kier molecular flexibility index (Phi) is 9.75. The molecule has 0 radical (unpaired) electrons. The molecule has 51 heavy (non-hydrogen) atoms. The molecule has 0 saturated heterocycles. The molecule has 260 valence electrons. The average Bonchev–Trinajstić information content (AvgIpc) is 3.06. The van der Waals surface area contributed by atoms with Crippen LogP contribution in [-0.2, 0) is 5.41 Å². The van der Waals surface area contributed by atoms with Crippen LogP contribution in [0.1, 0.15) is 118 Å². The molecule has 0 bridgehead atoms. The number of benzene rings is 4. The van der Waals surface area contributed by atoms with Gasteiger partial charge in [0.05, 0.1) is 44.5 Å². The lowest BCUT2D eigenvalue weighted by Gasteiger charge is -2.42. The van der Waals surface area contributed by atoms with Gasteiger partial charge in [0.1, 0.15) is 0 Å². The minimum Gasteiger partial charge on any atom is -0.478 e. The molecule has 8 N–H and O–H groups in total. The fourth-order valence-corrected chi connectivity index (χ4v) is 6.29. The molecule has 0 saturated carbocycles.